The number of aromatic nitrogens is 4. The molecule has 0 amide bonds. The summed E-state index contributed by atoms with van der Waals surface area (Å²) in [5.41, 5.74) is 24.2. The highest BCUT2D eigenvalue weighted by molar-refractivity contribution is 5.74. The molecule has 4 heteroatoms. The minimum Gasteiger partial charge on any atom is -0.201 e. The Morgan fingerprint density at radius 3 is 1.11 bits per heavy atom. The smallest absolute Gasteiger partial charge is 0.201 e. The molecule has 106 heavy (non-hydrogen) atoms. The maximum Gasteiger partial charge on any atom is 0.213 e. The zero-order valence-corrected chi connectivity index (χ0v) is 63.3. The quantitative estimate of drug-likeness (QED) is 0.108. The molecule has 4 aliphatic carbocycles. The summed E-state index contributed by atoms with van der Waals surface area (Å²) in [7, 11) is 8.09. The van der Waals surface area contributed by atoms with Gasteiger partial charge >= 0.3 is 0 Å². The van der Waals surface area contributed by atoms with Crippen LogP contribution in [0.1, 0.15) is 226 Å². The average molecular weight is 1420 g/mol. The first-order valence-corrected chi connectivity index (χ1v) is 37.7. The largest absolute Gasteiger partial charge is 0.213 e. The van der Waals surface area contributed by atoms with Gasteiger partial charge in [-0.15, -0.1) is 0 Å². The van der Waals surface area contributed by atoms with Crippen LogP contribution in [-0.4, -0.2) is 0 Å². The standard InChI is InChI=1S/2C26H30N.2C25H28N/c1-19-9-4-6-13-24(19)23-12-8-11-21(17-23)22-15-16-27(3)26(18-22)25-14-7-5-10-20(25)2;1-19-7-6-9-23(17-19)21-11-13-22(14-12-21)24-15-16-27(3)26(18-24)25-10-5-4-8-20(25)2;2*1-19-9-6-7-14-24(19)25-18-23(15-16-26(25)2)22-13-8-12-21(17-22)20-10-4-3-5-11-20/h5,7-8,10-12,14-19,24H,4,6,9,13H2,1-3H3;4-5,8,10-16,18-19,23H,6-7,9,17H2,1-3H3;2*6-9,12-18,20H,3-5,10-11H2,1-2H3/q4*+1/i4D2,6D2,9D2,13D2,19D,24D;6D2,7D2,9D2,17D2,19D,23D;20D;. The molecule has 8 aromatic carbocycles. The van der Waals surface area contributed by atoms with Crippen molar-refractivity contribution in [3.05, 3.63) is 312 Å². The topological polar surface area (TPSA) is 15.5 Å². The highest BCUT2D eigenvalue weighted by Crippen LogP contribution is 2.42. The second-order valence-electron chi connectivity index (χ2n) is 28.8. The molecule has 4 aromatic heterocycles. The number of benzene rings is 8. The van der Waals surface area contributed by atoms with E-state index in [0.29, 0.717) is 5.56 Å². The minimum absolute atomic E-state index is 0.0959. The lowest BCUT2D eigenvalue weighted by atomic mass is 9.76. The van der Waals surface area contributed by atoms with Crippen LogP contribution in [0, 0.1) is 39.5 Å². The van der Waals surface area contributed by atoms with E-state index in [4.69, 9.17) is 27.4 Å². The molecule has 0 spiro atoms. The fourth-order valence-electron chi connectivity index (χ4n) is 15.0. The van der Waals surface area contributed by atoms with Crippen molar-refractivity contribution in [3.63, 3.8) is 0 Å². The van der Waals surface area contributed by atoms with Gasteiger partial charge in [0.05, 0.1) is 0 Å². The number of hydrogen-bond acceptors (Lipinski definition) is 0. The molecule has 16 rings (SSSR count). The minimum atomic E-state index is -3.40. The fourth-order valence-corrected chi connectivity index (χ4v) is 15.0. The van der Waals surface area contributed by atoms with E-state index in [9.17, 15) is 1.37 Å². The Hall–Kier alpha value is -9.64. The maximum atomic E-state index is 9.24. The third-order valence-corrected chi connectivity index (χ3v) is 21.3. The molecule has 4 saturated carbocycles. The summed E-state index contributed by atoms with van der Waals surface area (Å²) in [6.45, 7) is 10.3. The van der Waals surface area contributed by atoms with Gasteiger partial charge in [-0.2, -0.15) is 0 Å². The Morgan fingerprint density at radius 2 is 0.670 bits per heavy atom. The van der Waals surface area contributed by atoms with Gasteiger partial charge in [-0.1, -0.05) is 254 Å². The molecule has 4 heterocycles. The normalized spacial score (nSPS) is 27.3. The zero-order valence-electron chi connectivity index (χ0n) is 84.3. The molecule has 12 aromatic rings. The van der Waals surface area contributed by atoms with Crippen molar-refractivity contribution in [2.24, 2.45) is 40.0 Å². The van der Waals surface area contributed by atoms with E-state index in [1.165, 1.54) is 143 Å². The molecule has 0 radical (unpaired) electrons. The predicted octanol–water partition coefficient (Wildman–Crippen LogP) is 25.3. The van der Waals surface area contributed by atoms with Crippen molar-refractivity contribution in [3.8, 4) is 89.5 Å². The van der Waals surface area contributed by atoms with Gasteiger partial charge in [0.1, 0.15) is 28.2 Å². The first kappa shape index (κ1) is 52.4. The van der Waals surface area contributed by atoms with Gasteiger partial charge in [-0.25, -0.2) is 18.3 Å². The van der Waals surface area contributed by atoms with E-state index >= 15 is 0 Å². The third kappa shape index (κ3) is 18.4. The van der Waals surface area contributed by atoms with Crippen LogP contribution in [-0.2, 0) is 28.2 Å². The lowest BCUT2D eigenvalue weighted by molar-refractivity contribution is -0.660. The molecular weight excluding hydrogens is 1280 g/mol. The monoisotopic (exact) mass is 1420 g/mol. The van der Waals surface area contributed by atoms with Crippen molar-refractivity contribution < 1.29 is 47.1 Å². The third-order valence-electron chi connectivity index (χ3n) is 21.3. The van der Waals surface area contributed by atoms with Crippen molar-refractivity contribution in [1.82, 2.24) is 0 Å². The van der Waals surface area contributed by atoms with Crippen LogP contribution in [0.3, 0.4) is 0 Å². The molecule has 0 bridgehead atoms. The summed E-state index contributed by atoms with van der Waals surface area (Å²) in [5, 5.41) is 0. The number of aryl methyl sites for hydroxylation is 8. The molecule has 0 N–H and O–H groups in total. The van der Waals surface area contributed by atoms with Gasteiger partial charge in [0, 0.05) is 99.6 Å². The summed E-state index contributed by atoms with van der Waals surface area (Å²) < 4.78 is 187. The predicted molar refractivity (Wildman–Crippen MR) is 445 cm³/mol. The van der Waals surface area contributed by atoms with Crippen molar-refractivity contribution in [2.45, 2.75) is 180 Å². The second kappa shape index (κ2) is 35.6. The Kier molecular flexibility index (Phi) is 17.6. The van der Waals surface area contributed by atoms with Crippen molar-refractivity contribution in [2.75, 3.05) is 0 Å². The molecule has 4 unspecified atom stereocenters. The molecule has 540 valence electrons. The fraction of sp³-hybridized carbons (Fsp3) is 0.333. The molecule has 4 nitrogen and oxygen atoms in total. The van der Waals surface area contributed by atoms with Gasteiger partial charge in [0.25, 0.3) is 0 Å². The van der Waals surface area contributed by atoms with Crippen LogP contribution < -0.4 is 18.3 Å². The lowest BCUT2D eigenvalue weighted by Crippen LogP contribution is -2.30. The summed E-state index contributed by atoms with van der Waals surface area (Å²) in [5.74, 6) is -10.8. The lowest BCUT2D eigenvalue weighted by Gasteiger charge is -2.29. The average Bonchev–Trinajstić information content (AvgIpc) is 0.661. The first-order chi connectivity index (χ1) is 59.5. The summed E-state index contributed by atoms with van der Waals surface area (Å²) in [4.78, 5) is 0. The van der Waals surface area contributed by atoms with E-state index in [-0.39, 0.29) is 11.1 Å². The Bertz CT molecular complexity index is 5960. The van der Waals surface area contributed by atoms with E-state index in [1.54, 1.807) is 24.3 Å². The Labute approximate surface area is 666 Å². The van der Waals surface area contributed by atoms with Gasteiger partial charge in [-0.3, -0.25) is 0 Å². The highest BCUT2D eigenvalue weighted by Gasteiger charge is 2.26. The van der Waals surface area contributed by atoms with E-state index in [1.807, 2.05) is 122 Å². The molecule has 4 atom stereocenters. The molecule has 0 saturated heterocycles. The number of nitrogens with zero attached hydrogens (tertiary/aromatic N) is 4. The van der Waals surface area contributed by atoms with Gasteiger partial charge in [0.15, 0.2) is 24.8 Å². The van der Waals surface area contributed by atoms with Crippen LogP contribution in [0.25, 0.3) is 89.5 Å². The first-order valence-electron chi connectivity index (χ1n) is 48.2. The van der Waals surface area contributed by atoms with Crippen LogP contribution in [0.15, 0.2) is 267 Å². The SMILES string of the molecule is Cc1ccccc1-c1cc(-c2cccc(C3CCCCC3)c2)cc[n+]1C.[2H]C1([2H])C([2H])([2H])C([2H])(C)C([2H])([2H])C([2H])(c2ccc(-c3cc[n+](C)c(-c4ccccc4C)c3)cc2)C1([2H])[2H].[2H]C1([2H])C([2H])([2H])C([2H])([2H])C([2H])(c2cccc(-c3cc[n+](C)c(-c4ccccc4C)c3)c2)C([2H])(C)C1([2H])[2H].[2H]C1(c2cccc(-c3cc[n+](C)c(-c4ccccc4C)c3)c2)CCCCC1. The van der Waals surface area contributed by atoms with Gasteiger partial charge in [-0.05, 0) is 221 Å². The van der Waals surface area contributed by atoms with E-state index in [2.05, 4.69) is 171 Å². The summed E-state index contributed by atoms with van der Waals surface area (Å²) >= 11 is 0. The number of pyridine rings is 4. The van der Waals surface area contributed by atoms with Crippen LogP contribution in [0.2, 0.25) is 0 Å². The van der Waals surface area contributed by atoms with Crippen molar-refractivity contribution in [1.29, 1.82) is 0 Å². The van der Waals surface area contributed by atoms with Crippen LogP contribution in [0.4, 0.5) is 0 Å². The van der Waals surface area contributed by atoms with E-state index < -0.39 is 80.5 Å². The Balaban J connectivity index is 0.000000147. The molecule has 4 fully saturated rings. The Morgan fingerprint density at radius 1 is 0.302 bits per heavy atom. The van der Waals surface area contributed by atoms with Crippen molar-refractivity contribution >= 4 is 0 Å². The van der Waals surface area contributed by atoms with Crippen LogP contribution >= 0.6 is 0 Å². The summed E-state index contributed by atoms with van der Waals surface area (Å²) in [6, 6.07) is 79.9. The van der Waals surface area contributed by atoms with E-state index in [0.717, 1.165) is 82.9 Å². The molecule has 4 aliphatic rings. The molecule has 0 aliphatic heterocycles. The maximum absolute atomic E-state index is 9.24. The zero-order chi connectivity index (χ0) is 92.4. The second-order valence-corrected chi connectivity index (χ2v) is 28.8. The van der Waals surface area contributed by atoms with Gasteiger partial charge < -0.3 is 0 Å². The molecular formula is C102H116N4+4. The summed E-state index contributed by atoms with van der Waals surface area (Å²) in [6.07, 6.45) is -5.55. The number of rotatable bonds is 12. The number of hydrogen-bond donors (Lipinski definition) is 0. The highest BCUT2D eigenvalue weighted by atomic mass is 14.9. The van der Waals surface area contributed by atoms with Crippen LogP contribution in [0.5, 0.6) is 0 Å². The van der Waals surface area contributed by atoms with Gasteiger partial charge in [0.2, 0.25) is 22.8 Å².